The predicted molar refractivity (Wildman–Crippen MR) is 53.5 cm³/mol. The van der Waals surface area contributed by atoms with E-state index >= 15 is 0 Å². The van der Waals surface area contributed by atoms with Crippen molar-refractivity contribution in [3.8, 4) is 0 Å². The Morgan fingerprint density at radius 2 is 2.42 bits per heavy atom. The number of thiophene rings is 1. The lowest BCUT2D eigenvalue weighted by Crippen LogP contribution is -2.34. The van der Waals surface area contributed by atoms with E-state index in [2.05, 4.69) is 29.8 Å². The van der Waals surface area contributed by atoms with Crippen molar-refractivity contribution in [2.24, 2.45) is 0 Å². The third kappa shape index (κ3) is 1.70. The molecule has 1 N–H and O–H groups in total. The van der Waals surface area contributed by atoms with Gasteiger partial charge < -0.3 is 5.32 Å². The fourth-order valence-corrected chi connectivity index (χ4v) is 2.67. The molecular weight excluding hydrogens is 166 g/mol. The van der Waals surface area contributed by atoms with E-state index in [0.717, 1.165) is 0 Å². The van der Waals surface area contributed by atoms with E-state index in [1.165, 1.54) is 24.1 Å². The maximum atomic E-state index is 3.63. The monoisotopic (exact) mass is 181 g/mol. The molecule has 2 rings (SSSR count). The molecule has 0 bridgehead atoms. The molecule has 0 saturated carbocycles. The van der Waals surface area contributed by atoms with Gasteiger partial charge in [0, 0.05) is 17.0 Å². The third-order valence-corrected chi connectivity index (χ3v) is 3.49. The quantitative estimate of drug-likeness (QED) is 0.702. The van der Waals surface area contributed by atoms with Crippen molar-refractivity contribution in [2.75, 3.05) is 0 Å². The summed E-state index contributed by atoms with van der Waals surface area (Å²) in [5, 5.41) is 5.79. The van der Waals surface area contributed by atoms with Crippen LogP contribution in [0.4, 0.5) is 0 Å². The Balaban J connectivity index is 2.04. The highest BCUT2D eigenvalue weighted by Gasteiger charge is 2.19. The molecule has 1 aromatic rings. The molecule has 0 radical (unpaired) electrons. The summed E-state index contributed by atoms with van der Waals surface area (Å²) in [6.45, 7) is 2.28. The topological polar surface area (TPSA) is 12.0 Å². The summed E-state index contributed by atoms with van der Waals surface area (Å²) >= 11 is 1.87. The van der Waals surface area contributed by atoms with E-state index in [1.54, 1.807) is 0 Å². The summed E-state index contributed by atoms with van der Waals surface area (Å²) < 4.78 is 0. The number of hydrogen-bond acceptors (Lipinski definition) is 2. The first-order valence-electron chi connectivity index (χ1n) is 4.66. The van der Waals surface area contributed by atoms with Gasteiger partial charge >= 0.3 is 0 Å². The summed E-state index contributed by atoms with van der Waals surface area (Å²) in [5.74, 6) is 0. The SMILES string of the molecule is CC1CCCC(c2cccs2)N1. The molecule has 1 saturated heterocycles. The maximum Gasteiger partial charge on any atom is 0.0416 e. The highest BCUT2D eigenvalue weighted by molar-refractivity contribution is 7.10. The molecule has 0 amide bonds. The van der Waals surface area contributed by atoms with E-state index < -0.39 is 0 Å². The molecule has 0 spiro atoms. The molecule has 1 fully saturated rings. The zero-order valence-electron chi connectivity index (χ0n) is 7.42. The van der Waals surface area contributed by atoms with Gasteiger partial charge in [-0.25, -0.2) is 0 Å². The molecule has 12 heavy (non-hydrogen) atoms. The van der Waals surface area contributed by atoms with Crippen LogP contribution in [0.1, 0.15) is 37.1 Å². The summed E-state index contributed by atoms with van der Waals surface area (Å²) in [6.07, 6.45) is 4.02. The van der Waals surface area contributed by atoms with Gasteiger partial charge in [-0.3, -0.25) is 0 Å². The second kappa shape index (κ2) is 3.58. The highest BCUT2D eigenvalue weighted by Crippen LogP contribution is 2.28. The lowest BCUT2D eigenvalue weighted by atomic mass is 9.99. The fraction of sp³-hybridized carbons (Fsp3) is 0.600. The molecule has 1 aliphatic rings. The molecule has 2 heteroatoms. The van der Waals surface area contributed by atoms with Gasteiger partial charge in [-0.1, -0.05) is 6.07 Å². The fourth-order valence-electron chi connectivity index (χ4n) is 1.85. The average molecular weight is 181 g/mol. The summed E-state index contributed by atoms with van der Waals surface area (Å²) in [5.41, 5.74) is 0. The van der Waals surface area contributed by atoms with Crippen molar-refractivity contribution < 1.29 is 0 Å². The Morgan fingerprint density at radius 3 is 3.08 bits per heavy atom. The largest absolute Gasteiger partial charge is 0.307 e. The van der Waals surface area contributed by atoms with Crippen molar-refractivity contribution in [1.82, 2.24) is 5.32 Å². The second-order valence-electron chi connectivity index (χ2n) is 3.57. The zero-order chi connectivity index (χ0) is 8.39. The van der Waals surface area contributed by atoms with Crippen LogP contribution in [0.3, 0.4) is 0 Å². The van der Waals surface area contributed by atoms with Crippen LogP contribution < -0.4 is 5.32 Å². The standard InChI is InChI=1S/C10H15NS/c1-8-4-2-5-9(11-8)10-6-3-7-12-10/h3,6-9,11H,2,4-5H2,1H3. The van der Waals surface area contributed by atoms with Gasteiger partial charge in [0.2, 0.25) is 0 Å². The smallest absolute Gasteiger partial charge is 0.0416 e. The molecule has 1 aromatic heterocycles. The zero-order valence-corrected chi connectivity index (χ0v) is 8.23. The molecule has 0 aliphatic carbocycles. The van der Waals surface area contributed by atoms with Crippen LogP contribution in [0, 0.1) is 0 Å². The van der Waals surface area contributed by atoms with E-state index in [9.17, 15) is 0 Å². The van der Waals surface area contributed by atoms with E-state index in [-0.39, 0.29) is 0 Å². The molecule has 2 unspecified atom stereocenters. The first-order chi connectivity index (χ1) is 5.86. The van der Waals surface area contributed by atoms with Crippen LogP contribution >= 0.6 is 11.3 Å². The van der Waals surface area contributed by atoms with Crippen LogP contribution in [0.2, 0.25) is 0 Å². The molecule has 2 atom stereocenters. The lowest BCUT2D eigenvalue weighted by molar-refractivity contribution is 0.345. The van der Waals surface area contributed by atoms with Gasteiger partial charge in [-0.15, -0.1) is 11.3 Å². The highest BCUT2D eigenvalue weighted by atomic mass is 32.1. The van der Waals surface area contributed by atoms with Crippen LogP contribution in [0.15, 0.2) is 17.5 Å². The molecular formula is C10H15NS. The molecule has 66 valence electrons. The number of nitrogens with one attached hydrogen (secondary N) is 1. The van der Waals surface area contributed by atoms with Crippen molar-refractivity contribution in [1.29, 1.82) is 0 Å². The predicted octanol–water partition coefficient (Wildman–Crippen LogP) is 2.95. The minimum Gasteiger partial charge on any atom is -0.307 e. The summed E-state index contributed by atoms with van der Waals surface area (Å²) in [4.78, 5) is 1.50. The van der Waals surface area contributed by atoms with Crippen LogP contribution in [-0.2, 0) is 0 Å². The van der Waals surface area contributed by atoms with Gasteiger partial charge in [-0.2, -0.15) is 0 Å². The Labute approximate surface area is 77.8 Å². The van der Waals surface area contributed by atoms with E-state index in [0.29, 0.717) is 12.1 Å². The van der Waals surface area contributed by atoms with Crippen LogP contribution in [-0.4, -0.2) is 6.04 Å². The molecule has 1 nitrogen and oxygen atoms in total. The normalized spacial score (nSPS) is 30.4. The number of piperidine rings is 1. The minimum atomic E-state index is 0.633. The van der Waals surface area contributed by atoms with Crippen molar-refractivity contribution in [3.05, 3.63) is 22.4 Å². The van der Waals surface area contributed by atoms with Crippen molar-refractivity contribution in [2.45, 2.75) is 38.3 Å². The Morgan fingerprint density at radius 1 is 1.50 bits per heavy atom. The van der Waals surface area contributed by atoms with Gasteiger partial charge in [0.15, 0.2) is 0 Å². The van der Waals surface area contributed by atoms with Crippen molar-refractivity contribution in [3.63, 3.8) is 0 Å². The summed E-state index contributed by atoms with van der Waals surface area (Å²) in [7, 11) is 0. The first kappa shape index (κ1) is 8.27. The average Bonchev–Trinajstić information content (AvgIpc) is 2.56. The van der Waals surface area contributed by atoms with Gasteiger partial charge in [0.25, 0.3) is 0 Å². The lowest BCUT2D eigenvalue weighted by Gasteiger charge is -2.27. The Hall–Kier alpha value is -0.340. The first-order valence-corrected chi connectivity index (χ1v) is 5.53. The van der Waals surface area contributed by atoms with Gasteiger partial charge in [0.05, 0.1) is 0 Å². The van der Waals surface area contributed by atoms with Crippen LogP contribution in [0.25, 0.3) is 0 Å². The minimum absolute atomic E-state index is 0.633. The third-order valence-electron chi connectivity index (χ3n) is 2.50. The summed E-state index contributed by atoms with van der Waals surface area (Å²) in [6, 6.07) is 5.71. The molecule has 1 aliphatic heterocycles. The number of rotatable bonds is 1. The second-order valence-corrected chi connectivity index (χ2v) is 4.55. The number of hydrogen-bond donors (Lipinski definition) is 1. The maximum absolute atomic E-state index is 3.63. The van der Waals surface area contributed by atoms with E-state index in [1.807, 2.05) is 11.3 Å². The van der Waals surface area contributed by atoms with Gasteiger partial charge in [0.1, 0.15) is 0 Å². The van der Waals surface area contributed by atoms with Crippen molar-refractivity contribution >= 4 is 11.3 Å². The van der Waals surface area contributed by atoms with Crippen LogP contribution in [0.5, 0.6) is 0 Å². The molecule has 2 heterocycles. The Bertz CT molecular complexity index is 230. The van der Waals surface area contributed by atoms with E-state index in [4.69, 9.17) is 0 Å². The van der Waals surface area contributed by atoms with Gasteiger partial charge in [-0.05, 0) is 37.6 Å². The molecule has 0 aromatic carbocycles. The Kier molecular flexibility index (Phi) is 2.47.